The van der Waals surface area contributed by atoms with E-state index in [1.54, 1.807) is 30.3 Å². The Labute approximate surface area is 285 Å². The van der Waals surface area contributed by atoms with Gasteiger partial charge in [0.2, 0.25) is 11.9 Å². The number of halogens is 3. The fourth-order valence-corrected chi connectivity index (χ4v) is 6.82. The molecule has 260 valence electrons. The molecule has 0 spiro atoms. The van der Waals surface area contributed by atoms with Crippen molar-refractivity contribution in [2.24, 2.45) is 11.8 Å². The van der Waals surface area contributed by atoms with Crippen LogP contribution in [0.4, 0.5) is 30.6 Å². The van der Waals surface area contributed by atoms with Gasteiger partial charge in [0.05, 0.1) is 34.9 Å². The molecule has 1 aliphatic heterocycles. The number of carbonyl (C=O) groups excluding carboxylic acids is 1. The Morgan fingerprint density at radius 3 is 2.14 bits per heavy atom. The van der Waals surface area contributed by atoms with E-state index in [2.05, 4.69) is 31.7 Å². The van der Waals surface area contributed by atoms with Crippen molar-refractivity contribution in [1.82, 2.24) is 24.7 Å². The number of nitrogens with zero attached hydrogens (tertiary/aromatic N) is 8. The van der Waals surface area contributed by atoms with E-state index >= 15 is 0 Å². The first kappa shape index (κ1) is 33.3. The molecule has 0 N–H and O–H groups in total. The second-order valence-corrected chi connectivity index (χ2v) is 15.3. The van der Waals surface area contributed by atoms with Crippen molar-refractivity contribution >= 4 is 34.4 Å². The lowest BCUT2D eigenvalue weighted by molar-refractivity contribution is -0.137. The van der Waals surface area contributed by atoms with Crippen molar-refractivity contribution in [3.05, 3.63) is 64.6 Å². The summed E-state index contributed by atoms with van der Waals surface area (Å²) in [5.41, 5.74) is 3.35. The number of amides is 1. The van der Waals surface area contributed by atoms with Crippen molar-refractivity contribution < 1.29 is 18.0 Å². The molecular weight excluding hydrogens is 629 g/mol. The first-order chi connectivity index (χ1) is 23.2. The monoisotopic (exact) mass is 674 g/mol. The molecule has 9 nitrogen and oxygen atoms in total. The number of hydrogen-bond donors (Lipinski definition) is 0. The summed E-state index contributed by atoms with van der Waals surface area (Å²) in [4.78, 5) is 33.3. The van der Waals surface area contributed by atoms with Crippen LogP contribution in [0, 0.1) is 25.7 Å². The summed E-state index contributed by atoms with van der Waals surface area (Å²) in [6.45, 7) is 13.0. The number of aromatic nitrogens is 5. The molecule has 3 aromatic heterocycles. The second-order valence-electron chi connectivity index (χ2n) is 15.3. The molecule has 49 heavy (non-hydrogen) atoms. The standard InChI is InChI=1S/C37H45F3N8O/c1-23-13-27(15-29(14-23)37(38,39)40)21-46(35-41-17-30(18-42-35)47-12-6-7-32(47)49)22-28-16-31-24(2)44-48(36(3,4)5)34(31)43-33(28)45(19-25-8-9-25)20-26-10-11-26/h13-18,25-26H,6-12,19-22H2,1-5H3. The van der Waals surface area contributed by atoms with Crippen LogP contribution in [-0.4, -0.2) is 50.3 Å². The molecule has 4 aromatic rings. The number of alkyl halides is 3. The second kappa shape index (κ2) is 12.6. The quantitative estimate of drug-likeness (QED) is 0.162. The maximum Gasteiger partial charge on any atom is 0.416 e. The number of hydrogen-bond acceptors (Lipinski definition) is 7. The average Bonchev–Trinajstić information content (AvgIpc) is 3.96. The zero-order valence-corrected chi connectivity index (χ0v) is 29.0. The highest BCUT2D eigenvalue weighted by molar-refractivity contribution is 5.95. The van der Waals surface area contributed by atoms with Gasteiger partial charge in [0.25, 0.3) is 0 Å². The molecule has 0 unspecified atom stereocenters. The van der Waals surface area contributed by atoms with Gasteiger partial charge in [-0.15, -0.1) is 0 Å². The van der Waals surface area contributed by atoms with Crippen molar-refractivity contribution in [3.63, 3.8) is 0 Å². The molecule has 1 saturated heterocycles. The van der Waals surface area contributed by atoms with E-state index in [4.69, 9.17) is 20.1 Å². The van der Waals surface area contributed by atoms with E-state index < -0.39 is 11.7 Å². The molecular formula is C37H45F3N8O. The molecule has 1 amide bonds. The molecule has 3 fully saturated rings. The topological polar surface area (TPSA) is 83.3 Å². The summed E-state index contributed by atoms with van der Waals surface area (Å²) < 4.78 is 43.8. The maximum atomic E-state index is 13.9. The number of anilines is 3. The van der Waals surface area contributed by atoms with E-state index in [1.165, 1.54) is 37.8 Å². The minimum absolute atomic E-state index is 0.0363. The molecule has 4 heterocycles. The predicted molar refractivity (Wildman–Crippen MR) is 185 cm³/mol. The predicted octanol–water partition coefficient (Wildman–Crippen LogP) is 7.57. The van der Waals surface area contributed by atoms with E-state index in [-0.39, 0.29) is 18.0 Å². The summed E-state index contributed by atoms with van der Waals surface area (Å²) in [6.07, 6.45) is 4.91. The van der Waals surface area contributed by atoms with Crippen LogP contribution in [0.1, 0.15) is 87.2 Å². The summed E-state index contributed by atoms with van der Waals surface area (Å²) in [5, 5.41) is 5.86. The summed E-state index contributed by atoms with van der Waals surface area (Å²) in [6, 6.07) is 6.33. The normalized spacial score (nSPS) is 17.0. The zero-order valence-electron chi connectivity index (χ0n) is 29.0. The lowest BCUT2D eigenvalue weighted by Crippen LogP contribution is -2.32. The highest BCUT2D eigenvalue weighted by atomic mass is 19.4. The minimum Gasteiger partial charge on any atom is -0.356 e. The maximum absolute atomic E-state index is 13.9. The first-order valence-corrected chi connectivity index (χ1v) is 17.4. The third kappa shape index (κ3) is 7.38. The Balaban J connectivity index is 1.33. The number of fused-ring (bicyclic) bond motifs is 1. The molecule has 0 atom stereocenters. The van der Waals surface area contributed by atoms with Crippen LogP contribution in [-0.2, 0) is 29.6 Å². The Bertz CT molecular complexity index is 1840. The van der Waals surface area contributed by atoms with Crippen LogP contribution in [0.2, 0.25) is 0 Å². The van der Waals surface area contributed by atoms with Gasteiger partial charge in [0.1, 0.15) is 5.82 Å². The van der Waals surface area contributed by atoms with Gasteiger partial charge in [-0.3, -0.25) is 4.79 Å². The lowest BCUT2D eigenvalue weighted by Gasteiger charge is -2.30. The molecule has 12 heteroatoms. The number of aryl methyl sites for hydroxylation is 2. The van der Waals surface area contributed by atoms with Gasteiger partial charge in [0, 0.05) is 50.1 Å². The zero-order chi connectivity index (χ0) is 34.7. The largest absolute Gasteiger partial charge is 0.416 e. The molecule has 7 rings (SSSR count). The third-order valence-electron chi connectivity index (χ3n) is 9.68. The van der Waals surface area contributed by atoms with E-state index in [0.717, 1.165) is 47.6 Å². The van der Waals surface area contributed by atoms with Gasteiger partial charge in [-0.25, -0.2) is 19.6 Å². The van der Waals surface area contributed by atoms with Crippen molar-refractivity contribution in [2.75, 3.05) is 34.3 Å². The van der Waals surface area contributed by atoms with Gasteiger partial charge >= 0.3 is 6.18 Å². The molecule has 2 aliphatic carbocycles. The lowest BCUT2D eigenvalue weighted by atomic mass is 10.1. The van der Waals surface area contributed by atoms with E-state index in [0.29, 0.717) is 54.1 Å². The number of carbonyl (C=O) groups is 1. The highest BCUT2D eigenvalue weighted by Crippen LogP contribution is 2.39. The number of benzene rings is 1. The van der Waals surface area contributed by atoms with Crippen LogP contribution in [0.15, 0.2) is 36.7 Å². The minimum atomic E-state index is -4.47. The summed E-state index contributed by atoms with van der Waals surface area (Å²) >= 11 is 0. The SMILES string of the molecule is Cc1cc(CN(Cc2cc3c(C)nn(C(C)(C)C)c3nc2N(CC2CC2)CC2CC2)c2ncc(N3CCCC3=O)cn2)cc(C(F)(F)F)c1. The van der Waals surface area contributed by atoms with Gasteiger partial charge < -0.3 is 14.7 Å². The van der Waals surface area contributed by atoms with Crippen molar-refractivity contribution in [3.8, 4) is 0 Å². The Hall–Kier alpha value is -4.22. The molecule has 0 radical (unpaired) electrons. The number of pyridine rings is 1. The Morgan fingerprint density at radius 1 is 0.898 bits per heavy atom. The molecule has 1 aromatic carbocycles. The van der Waals surface area contributed by atoms with Crippen LogP contribution >= 0.6 is 0 Å². The van der Waals surface area contributed by atoms with Gasteiger partial charge in [-0.1, -0.05) is 11.6 Å². The number of rotatable bonds is 11. The highest BCUT2D eigenvalue weighted by Gasteiger charge is 2.34. The van der Waals surface area contributed by atoms with Gasteiger partial charge in [-0.05, 0) is 102 Å². The van der Waals surface area contributed by atoms with Crippen molar-refractivity contribution in [1.29, 1.82) is 0 Å². The van der Waals surface area contributed by atoms with Crippen LogP contribution < -0.4 is 14.7 Å². The molecule has 0 bridgehead atoms. The first-order valence-electron chi connectivity index (χ1n) is 17.4. The molecule has 2 saturated carbocycles. The fourth-order valence-electron chi connectivity index (χ4n) is 6.82. The Kier molecular flexibility index (Phi) is 8.55. The van der Waals surface area contributed by atoms with E-state index in [1.807, 2.05) is 16.5 Å². The third-order valence-corrected chi connectivity index (χ3v) is 9.68. The average molecular weight is 675 g/mol. The van der Waals surface area contributed by atoms with E-state index in [9.17, 15) is 18.0 Å². The fraction of sp³-hybridized carbons (Fsp3) is 0.541. The summed E-state index contributed by atoms with van der Waals surface area (Å²) in [5.74, 6) is 2.56. The molecule has 3 aliphatic rings. The van der Waals surface area contributed by atoms with Gasteiger partial charge in [-0.2, -0.15) is 18.3 Å². The Morgan fingerprint density at radius 2 is 1.57 bits per heavy atom. The smallest absolute Gasteiger partial charge is 0.356 e. The van der Waals surface area contributed by atoms with Crippen LogP contribution in [0.25, 0.3) is 11.0 Å². The van der Waals surface area contributed by atoms with Gasteiger partial charge in [0.15, 0.2) is 5.65 Å². The van der Waals surface area contributed by atoms with Crippen LogP contribution in [0.5, 0.6) is 0 Å². The van der Waals surface area contributed by atoms with Crippen LogP contribution in [0.3, 0.4) is 0 Å². The van der Waals surface area contributed by atoms with Crippen molar-refractivity contribution in [2.45, 2.75) is 97.9 Å². The summed E-state index contributed by atoms with van der Waals surface area (Å²) in [7, 11) is 0.